The molecule has 1 heterocycles. The molecule has 1 aromatic rings. The van der Waals surface area contributed by atoms with Gasteiger partial charge in [-0.05, 0) is 82.4 Å². The number of hydrogen-bond acceptors (Lipinski definition) is 2. The largest absolute Gasteiger partial charge is 0.290 e. The van der Waals surface area contributed by atoms with Crippen LogP contribution in [-0.2, 0) is 0 Å². The van der Waals surface area contributed by atoms with E-state index in [0.717, 1.165) is 25.7 Å². The van der Waals surface area contributed by atoms with Crippen LogP contribution in [0.25, 0.3) is 11.1 Å². The van der Waals surface area contributed by atoms with Crippen molar-refractivity contribution in [1.82, 2.24) is 10.2 Å². The summed E-state index contributed by atoms with van der Waals surface area (Å²) in [5.41, 5.74) is 9.06. The molecule has 1 aromatic carbocycles. The van der Waals surface area contributed by atoms with Crippen LogP contribution >= 0.6 is 0 Å². The second-order valence-corrected chi connectivity index (χ2v) is 13.8. The van der Waals surface area contributed by atoms with Gasteiger partial charge in [0.05, 0.1) is 6.17 Å². The first-order valence-electron chi connectivity index (χ1n) is 17.2. The van der Waals surface area contributed by atoms with Crippen molar-refractivity contribution >= 4 is 11.1 Å². The lowest BCUT2D eigenvalue weighted by atomic mass is 9.67. The Bertz CT molecular complexity index is 1880. The van der Waals surface area contributed by atoms with Gasteiger partial charge in [-0.25, -0.2) is 0 Å². The van der Waals surface area contributed by atoms with Gasteiger partial charge in [0, 0.05) is 35.9 Å². The van der Waals surface area contributed by atoms with E-state index in [0.29, 0.717) is 42.0 Å². The molecule has 0 bridgehead atoms. The number of allylic oxidation sites excluding steroid dienone is 18. The van der Waals surface area contributed by atoms with E-state index < -0.39 is 0 Å². The third-order valence-corrected chi connectivity index (χ3v) is 11.4. The third-order valence-electron chi connectivity index (χ3n) is 11.4. The van der Waals surface area contributed by atoms with Crippen LogP contribution in [0.3, 0.4) is 0 Å². The third kappa shape index (κ3) is 4.69. The SMILES string of the molecule is C1=CC2=CC=C(C3=c4ccccc4=C(C4=CC=C(C5NC6C=CC=CC6N5C5CC=CCC5)CC4)C4C=CC=CC34)CC2C=C1. The number of benzene rings is 1. The van der Waals surface area contributed by atoms with Crippen LogP contribution in [0.4, 0.5) is 0 Å². The normalized spacial score (nSPS) is 34.4. The first kappa shape index (κ1) is 27.3. The lowest BCUT2D eigenvalue weighted by Crippen LogP contribution is -2.47. The Morgan fingerprint density at radius 1 is 0.689 bits per heavy atom. The highest BCUT2D eigenvalue weighted by atomic mass is 15.4. The predicted molar refractivity (Wildman–Crippen MR) is 187 cm³/mol. The van der Waals surface area contributed by atoms with Gasteiger partial charge >= 0.3 is 0 Å². The molecular formula is C43H42N2. The average molecular weight is 587 g/mol. The van der Waals surface area contributed by atoms with Crippen LogP contribution in [-0.4, -0.2) is 29.2 Å². The van der Waals surface area contributed by atoms with Crippen molar-refractivity contribution in [3.8, 4) is 0 Å². The van der Waals surface area contributed by atoms with Gasteiger partial charge < -0.3 is 0 Å². The van der Waals surface area contributed by atoms with Crippen LogP contribution in [0.1, 0.15) is 38.5 Å². The van der Waals surface area contributed by atoms with Crippen LogP contribution < -0.4 is 15.8 Å². The summed E-state index contributed by atoms with van der Waals surface area (Å²) in [5, 5.41) is 6.91. The van der Waals surface area contributed by atoms with E-state index >= 15 is 0 Å². The van der Waals surface area contributed by atoms with Crippen LogP contribution in [0.5, 0.6) is 0 Å². The molecule has 0 spiro atoms. The zero-order valence-corrected chi connectivity index (χ0v) is 25.9. The molecule has 9 rings (SSSR count). The van der Waals surface area contributed by atoms with Gasteiger partial charge in [0.25, 0.3) is 0 Å². The first-order valence-corrected chi connectivity index (χ1v) is 17.2. The fourth-order valence-corrected chi connectivity index (χ4v) is 9.29. The molecule has 0 aromatic heterocycles. The maximum atomic E-state index is 4.04. The zero-order chi connectivity index (χ0) is 29.7. The Labute approximate surface area is 267 Å². The van der Waals surface area contributed by atoms with Crippen molar-refractivity contribution in [2.75, 3.05) is 0 Å². The number of nitrogens with one attached hydrogen (secondary N) is 1. The summed E-state index contributed by atoms with van der Waals surface area (Å²) in [5.74, 6) is 1.21. The summed E-state index contributed by atoms with van der Waals surface area (Å²) in [4.78, 5) is 2.81. The van der Waals surface area contributed by atoms with Gasteiger partial charge in [-0.1, -0.05) is 134 Å². The van der Waals surface area contributed by atoms with Crippen molar-refractivity contribution in [3.63, 3.8) is 0 Å². The Morgan fingerprint density at radius 3 is 2.22 bits per heavy atom. The van der Waals surface area contributed by atoms with Crippen LogP contribution in [0, 0.1) is 17.8 Å². The predicted octanol–water partition coefficient (Wildman–Crippen LogP) is 7.21. The molecule has 0 radical (unpaired) electrons. The van der Waals surface area contributed by atoms with Crippen molar-refractivity contribution in [2.24, 2.45) is 17.8 Å². The minimum atomic E-state index is 0.301. The summed E-state index contributed by atoms with van der Waals surface area (Å²) < 4.78 is 0. The molecule has 2 heteroatoms. The fraction of sp³-hybridized carbons (Fsp3) is 0.302. The number of fused-ring (bicyclic) bond motifs is 4. The smallest absolute Gasteiger partial charge is 0.0836 e. The Morgan fingerprint density at radius 2 is 1.44 bits per heavy atom. The number of nitrogens with zero attached hydrogens (tertiary/aromatic N) is 1. The highest BCUT2D eigenvalue weighted by Crippen LogP contribution is 2.45. The molecular weight excluding hydrogens is 544 g/mol. The van der Waals surface area contributed by atoms with Crippen molar-refractivity contribution < 1.29 is 0 Å². The molecule has 1 fully saturated rings. The molecule has 2 nitrogen and oxygen atoms in total. The second-order valence-electron chi connectivity index (χ2n) is 13.8. The first-order chi connectivity index (χ1) is 22.3. The molecule has 8 aliphatic rings. The van der Waals surface area contributed by atoms with Gasteiger partial charge in [-0.3, -0.25) is 10.2 Å². The standard InChI is InChI=1S/C43H42N2/c1-2-14-34(15-3-1)45-40-21-11-10-20-39(40)44-43(45)31-25-23-30(24-26-31)41-35-16-6-8-18-37(35)42(38-19-9-7-17-36(38)41)33-27-22-29-12-4-5-13-32(29)28-33/h1-2,4-13,16-23,25,27,32,34-35,37,39-40,43-44H,3,14-15,24,26,28H2. The molecule has 224 valence electrons. The Hall–Kier alpha value is -3.98. The average Bonchev–Trinajstić information content (AvgIpc) is 3.50. The van der Waals surface area contributed by atoms with Crippen molar-refractivity contribution in [1.29, 1.82) is 0 Å². The minimum Gasteiger partial charge on any atom is -0.290 e. The number of hydrogen-bond donors (Lipinski definition) is 1. The summed E-state index contributed by atoms with van der Waals surface area (Å²) in [6, 6.07) is 10.7. The van der Waals surface area contributed by atoms with E-state index in [1.165, 1.54) is 51.1 Å². The van der Waals surface area contributed by atoms with Crippen molar-refractivity contribution in [2.45, 2.75) is 62.8 Å². The maximum absolute atomic E-state index is 4.04. The summed E-state index contributed by atoms with van der Waals surface area (Å²) in [7, 11) is 0. The molecule has 1 aliphatic heterocycles. The molecule has 7 unspecified atom stereocenters. The number of rotatable bonds is 4. The highest BCUT2D eigenvalue weighted by molar-refractivity contribution is 5.81. The van der Waals surface area contributed by atoms with Gasteiger partial charge in [0.2, 0.25) is 0 Å². The minimum absolute atomic E-state index is 0.301. The second kappa shape index (κ2) is 11.4. The van der Waals surface area contributed by atoms with Gasteiger partial charge in [0.1, 0.15) is 0 Å². The lowest BCUT2D eigenvalue weighted by Gasteiger charge is -2.39. The van der Waals surface area contributed by atoms with Crippen molar-refractivity contribution in [3.05, 3.63) is 166 Å². The van der Waals surface area contributed by atoms with E-state index in [1.807, 2.05) is 0 Å². The maximum Gasteiger partial charge on any atom is 0.0836 e. The molecule has 1 saturated heterocycles. The summed E-state index contributed by atoms with van der Waals surface area (Å²) in [6.45, 7) is 0. The molecule has 7 aliphatic carbocycles. The molecule has 7 atom stereocenters. The Balaban J connectivity index is 1.13. The van der Waals surface area contributed by atoms with E-state index in [-0.39, 0.29) is 0 Å². The monoisotopic (exact) mass is 586 g/mol. The fourth-order valence-electron chi connectivity index (χ4n) is 9.29. The van der Waals surface area contributed by atoms with Crippen LogP contribution in [0.2, 0.25) is 0 Å². The van der Waals surface area contributed by atoms with Crippen LogP contribution in [0.15, 0.2) is 156 Å². The Kier molecular flexibility index (Phi) is 6.94. The van der Waals surface area contributed by atoms with E-state index in [9.17, 15) is 0 Å². The molecule has 0 saturated carbocycles. The quantitative estimate of drug-likeness (QED) is 0.375. The van der Waals surface area contributed by atoms with Gasteiger partial charge in [-0.15, -0.1) is 0 Å². The van der Waals surface area contributed by atoms with Gasteiger partial charge in [0.15, 0.2) is 0 Å². The van der Waals surface area contributed by atoms with E-state index in [2.05, 4.69) is 144 Å². The topological polar surface area (TPSA) is 15.3 Å². The summed E-state index contributed by atoms with van der Waals surface area (Å²) >= 11 is 0. The lowest BCUT2D eigenvalue weighted by molar-refractivity contribution is 0.148. The molecule has 1 N–H and O–H groups in total. The van der Waals surface area contributed by atoms with E-state index in [4.69, 9.17) is 0 Å². The molecule has 45 heavy (non-hydrogen) atoms. The summed E-state index contributed by atoms with van der Waals surface area (Å²) in [6.07, 6.45) is 49.5. The highest BCUT2D eigenvalue weighted by Gasteiger charge is 2.44. The zero-order valence-electron chi connectivity index (χ0n) is 25.9. The molecule has 0 amide bonds. The van der Waals surface area contributed by atoms with Gasteiger partial charge in [-0.2, -0.15) is 0 Å². The van der Waals surface area contributed by atoms with E-state index in [1.54, 1.807) is 5.57 Å².